The van der Waals surface area contributed by atoms with Crippen LogP contribution in [0.2, 0.25) is 47.3 Å². The van der Waals surface area contributed by atoms with Crippen LogP contribution in [0.25, 0.3) is 0 Å². The molecule has 0 aliphatic heterocycles. The summed E-state index contributed by atoms with van der Waals surface area (Å²) in [6.45, 7) is 24.4. The summed E-state index contributed by atoms with van der Waals surface area (Å²) in [6, 6.07) is 0. The first-order valence-electron chi connectivity index (χ1n) is 13.9. The zero-order valence-corrected chi connectivity index (χ0v) is 27.0. The van der Waals surface area contributed by atoms with Crippen molar-refractivity contribution in [1.82, 2.24) is 0 Å². The third-order valence-corrected chi connectivity index (χ3v) is 20.2. The minimum atomic E-state index is -1.87. The Bertz CT molecular complexity index is 886. The maximum atomic E-state index is 7.33. The Balaban J connectivity index is 1.70. The molecule has 2 radical (unpaired) electrons. The van der Waals surface area contributed by atoms with Gasteiger partial charge >= 0.3 is 0 Å². The standard InChI is InChI=1S/C30H50O2Si3/c1-29(2,3)33-31-25-19-21-15-11-13-17-23(21)27(25)34(7,8)28-24-18-14-12-16-22(24)20-26(28)32-35(9,10)30(4,5)6/h11-18,21-28H,19-20H2,1-10H3. The van der Waals surface area contributed by atoms with Crippen LogP contribution >= 0.6 is 0 Å². The van der Waals surface area contributed by atoms with Crippen molar-refractivity contribution >= 4 is 26.2 Å². The molecule has 0 bridgehead atoms. The summed E-state index contributed by atoms with van der Waals surface area (Å²) in [7, 11) is -3.14. The Labute approximate surface area is 220 Å². The van der Waals surface area contributed by atoms with Gasteiger partial charge in [0.05, 0.1) is 8.07 Å². The first-order valence-corrected chi connectivity index (χ1v) is 20.9. The molecule has 8 unspecified atom stereocenters. The second-order valence-electron chi connectivity index (χ2n) is 14.8. The largest absolute Gasteiger partial charge is 0.414 e. The SMILES string of the molecule is CC(C)(C)[Si]OC1CC2C=CC=CC2C1[Si](C)(C)C1C(O[Si](C)(C)C(C)(C)C)CC2C=CC=CC21. The molecule has 0 spiro atoms. The van der Waals surface area contributed by atoms with E-state index < -0.39 is 16.4 Å². The van der Waals surface area contributed by atoms with Gasteiger partial charge in [0, 0.05) is 12.2 Å². The summed E-state index contributed by atoms with van der Waals surface area (Å²) in [4.78, 5) is 0. The van der Waals surface area contributed by atoms with Crippen LogP contribution in [0, 0.1) is 23.7 Å². The summed E-state index contributed by atoms with van der Waals surface area (Å²) in [6.07, 6.45) is 22.3. The molecule has 0 N–H and O–H groups in total. The van der Waals surface area contributed by atoms with Gasteiger partial charge in [-0.05, 0) is 70.8 Å². The highest BCUT2D eigenvalue weighted by Crippen LogP contribution is 2.61. The molecule has 0 aromatic heterocycles. The first-order chi connectivity index (χ1) is 16.1. The average molecular weight is 527 g/mol. The normalized spacial score (nSPS) is 37.1. The van der Waals surface area contributed by atoms with Crippen molar-refractivity contribution < 1.29 is 8.85 Å². The molecule has 0 aromatic rings. The van der Waals surface area contributed by atoms with E-state index in [2.05, 4.69) is 116 Å². The monoisotopic (exact) mass is 526 g/mol. The molecule has 4 aliphatic carbocycles. The first kappa shape index (κ1) is 27.6. The zero-order valence-electron chi connectivity index (χ0n) is 24.0. The summed E-state index contributed by atoms with van der Waals surface area (Å²) in [5.74, 6) is 2.49. The molecule has 194 valence electrons. The van der Waals surface area contributed by atoms with E-state index in [1.54, 1.807) is 0 Å². The second-order valence-corrected chi connectivity index (χ2v) is 26.5. The topological polar surface area (TPSA) is 18.5 Å². The van der Waals surface area contributed by atoms with Gasteiger partial charge in [0.2, 0.25) is 9.76 Å². The number of fused-ring (bicyclic) bond motifs is 2. The van der Waals surface area contributed by atoms with Crippen molar-refractivity contribution in [2.45, 2.75) is 114 Å². The lowest BCUT2D eigenvalue weighted by atomic mass is 9.91. The minimum Gasteiger partial charge on any atom is -0.414 e. The number of hydrogen-bond acceptors (Lipinski definition) is 2. The van der Waals surface area contributed by atoms with Gasteiger partial charge in [0.1, 0.15) is 0 Å². The van der Waals surface area contributed by atoms with Crippen LogP contribution in [0.15, 0.2) is 48.6 Å². The molecule has 0 saturated heterocycles. The molecule has 5 heteroatoms. The number of allylic oxidation sites excluding steroid dienone is 8. The Kier molecular flexibility index (Phi) is 7.63. The predicted molar refractivity (Wildman–Crippen MR) is 157 cm³/mol. The van der Waals surface area contributed by atoms with Gasteiger partial charge in [-0.25, -0.2) is 0 Å². The average Bonchev–Trinajstić information content (AvgIpc) is 3.28. The van der Waals surface area contributed by atoms with Crippen molar-refractivity contribution in [3.63, 3.8) is 0 Å². The summed E-state index contributed by atoms with van der Waals surface area (Å²) in [5, 5.41) is 0.455. The number of hydrogen-bond donors (Lipinski definition) is 0. The fourth-order valence-corrected chi connectivity index (χ4v) is 15.0. The molecular formula is C30H50O2Si3. The van der Waals surface area contributed by atoms with Crippen LogP contribution in [0.4, 0.5) is 0 Å². The van der Waals surface area contributed by atoms with Crippen LogP contribution in [0.5, 0.6) is 0 Å². The molecule has 4 aliphatic rings. The molecule has 2 fully saturated rings. The Morgan fingerprint density at radius 2 is 1.14 bits per heavy atom. The second kappa shape index (κ2) is 9.68. The molecular weight excluding hydrogens is 477 g/mol. The molecule has 8 atom stereocenters. The highest BCUT2D eigenvalue weighted by Gasteiger charge is 2.59. The molecule has 35 heavy (non-hydrogen) atoms. The maximum Gasteiger partial charge on any atom is 0.236 e. The van der Waals surface area contributed by atoms with Crippen molar-refractivity contribution in [3.8, 4) is 0 Å². The predicted octanol–water partition coefficient (Wildman–Crippen LogP) is 8.57. The van der Waals surface area contributed by atoms with E-state index in [0.29, 0.717) is 56.7 Å². The van der Waals surface area contributed by atoms with Crippen molar-refractivity contribution in [3.05, 3.63) is 48.6 Å². The van der Waals surface area contributed by atoms with Crippen molar-refractivity contribution in [2.24, 2.45) is 23.7 Å². The Morgan fingerprint density at radius 3 is 1.63 bits per heavy atom. The van der Waals surface area contributed by atoms with E-state index in [1.807, 2.05) is 0 Å². The van der Waals surface area contributed by atoms with Crippen molar-refractivity contribution in [1.29, 1.82) is 0 Å². The van der Waals surface area contributed by atoms with Gasteiger partial charge < -0.3 is 8.85 Å². The van der Waals surface area contributed by atoms with E-state index >= 15 is 0 Å². The van der Waals surface area contributed by atoms with E-state index in [1.165, 1.54) is 12.8 Å². The van der Waals surface area contributed by atoms with Gasteiger partial charge in [-0.2, -0.15) is 0 Å². The highest BCUT2D eigenvalue weighted by molar-refractivity contribution is 6.81. The van der Waals surface area contributed by atoms with E-state index in [0.717, 1.165) is 0 Å². The van der Waals surface area contributed by atoms with E-state index in [-0.39, 0.29) is 10.1 Å². The van der Waals surface area contributed by atoms with Crippen LogP contribution in [0.1, 0.15) is 54.4 Å². The van der Waals surface area contributed by atoms with Crippen LogP contribution in [-0.2, 0) is 8.85 Å². The van der Waals surface area contributed by atoms with Crippen LogP contribution in [-0.4, -0.2) is 38.4 Å². The zero-order chi connectivity index (χ0) is 25.8. The number of rotatable bonds is 6. The quantitative estimate of drug-likeness (QED) is 0.323. The lowest BCUT2D eigenvalue weighted by Gasteiger charge is -2.48. The van der Waals surface area contributed by atoms with Gasteiger partial charge in [0.25, 0.3) is 0 Å². The van der Waals surface area contributed by atoms with Crippen LogP contribution < -0.4 is 0 Å². The van der Waals surface area contributed by atoms with Gasteiger partial charge in [0.15, 0.2) is 8.32 Å². The van der Waals surface area contributed by atoms with Crippen molar-refractivity contribution in [2.75, 3.05) is 0 Å². The third-order valence-electron chi connectivity index (χ3n) is 9.72. The Morgan fingerprint density at radius 1 is 0.686 bits per heavy atom. The van der Waals surface area contributed by atoms with E-state index in [9.17, 15) is 0 Å². The lowest BCUT2D eigenvalue weighted by Crippen LogP contribution is -2.52. The fraction of sp³-hybridized carbons (Fsp3) is 0.733. The molecule has 0 aromatic carbocycles. The van der Waals surface area contributed by atoms with Crippen LogP contribution in [0.3, 0.4) is 0 Å². The minimum absolute atomic E-state index is 0.221. The maximum absolute atomic E-state index is 7.33. The molecule has 2 saturated carbocycles. The molecule has 0 heterocycles. The van der Waals surface area contributed by atoms with E-state index in [4.69, 9.17) is 8.85 Å². The summed E-state index contributed by atoms with van der Waals surface area (Å²) >= 11 is 0. The van der Waals surface area contributed by atoms with Gasteiger partial charge in [-0.3, -0.25) is 0 Å². The molecule has 0 amide bonds. The fourth-order valence-electron chi connectivity index (χ4n) is 7.13. The van der Waals surface area contributed by atoms with Gasteiger partial charge in [-0.15, -0.1) is 0 Å². The molecule has 4 rings (SSSR count). The summed E-state index contributed by atoms with van der Waals surface area (Å²) in [5.41, 5.74) is 1.27. The third kappa shape index (κ3) is 5.55. The summed E-state index contributed by atoms with van der Waals surface area (Å²) < 4.78 is 14.2. The molecule has 2 nitrogen and oxygen atoms in total. The lowest BCUT2D eigenvalue weighted by molar-refractivity contribution is 0.174. The Hall–Kier alpha value is -0.469. The highest BCUT2D eigenvalue weighted by atomic mass is 28.4. The van der Waals surface area contributed by atoms with Gasteiger partial charge in [-0.1, -0.05) is 103 Å². The smallest absolute Gasteiger partial charge is 0.236 e.